The third-order valence-electron chi connectivity index (χ3n) is 2.04. The summed E-state index contributed by atoms with van der Waals surface area (Å²) in [5.74, 6) is 0.322. The molecule has 6 nitrogen and oxygen atoms in total. The molecular formula is C11H12N2O4S. The average Bonchev–Trinajstić information content (AvgIpc) is 2.28. The maximum absolute atomic E-state index is 11.6. The molecule has 0 heterocycles. The van der Waals surface area contributed by atoms with E-state index in [0.29, 0.717) is 11.3 Å². The Morgan fingerprint density at radius 3 is 2.44 bits per heavy atom. The number of benzene rings is 1. The lowest BCUT2D eigenvalue weighted by Gasteiger charge is -2.10. The van der Waals surface area contributed by atoms with Gasteiger partial charge in [0.05, 0.1) is 5.75 Å². The Morgan fingerprint density at radius 1 is 1.44 bits per heavy atom. The molecule has 0 aliphatic heterocycles. The third kappa shape index (κ3) is 4.08. The number of nitrogens with one attached hydrogen (secondary N) is 1. The Balaban J connectivity index is 2.76. The van der Waals surface area contributed by atoms with Crippen molar-refractivity contribution in [2.24, 2.45) is 5.73 Å². The maximum atomic E-state index is 11.6. The van der Waals surface area contributed by atoms with E-state index in [9.17, 15) is 13.2 Å². The third-order valence-corrected chi connectivity index (χ3v) is 3.39. The minimum Gasteiger partial charge on any atom is -0.480 e. The molecule has 18 heavy (non-hydrogen) atoms. The highest BCUT2D eigenvalue weighted by molar-refractivity contribution is 7.92. The Kier molecular flexibility index (Phi) is 4.31. The second-order valence-electron chi connectivity index (χ2n) is 3.55. The van der Waals surface area contributed by atoms with Gasteiger partial charge in [0.2, 0.25) is 10.0 Å². The normalized spacial score (nSPS) is 12.4. The van der Waals surface area contributed by atoms with Gasteiger partial charge in [-0.05, 0) is 24.3 Å². The smallest absolute Gasteiger partial charge is 0.321 e. The van der Waals surface area contributed by atoms with Crippen molar-refractivity contribution in [3.05, 3.63) is 29.8 Å². The molecule has 96 valence electrons. The average molecular weight is 268 g/mol. The van der Waals surface area contributed by atoms with Gasteiger partial charge in [-0.1, -0.05) is 5.92 Å². The molecule has 0 aliphatic rings. The summed E-state index contributed by atoms with van der Waals surface area (Å²) in [6, 6.07) is 4.63. The highest BCUT2D eigenvalue weighted by Crippen LogP contribution is 2.11. The van der Waals surface area contributed by atoms with Crippen molar-refractivity contribution in [1.29, 1.82) is 0 Å². The standard InChI is InChI=1S/C11H12N2O4S/c1-2-8-3-5-9(6-4-8)13-18(16,17)7-10(12)11(14)15/h1,3-6,10,13H,7,12H2,(H,14,15)/t10-/m0/s1. The molecule has 0 radical (unpaired) electrons. The molecule has 1 aromatic carbocycles. The van der Waals surface area contributed by atoms with E-state index in [1.165, 1.54) is 12.1 Å². The van der Waals surface area contributed by atoms with Crippen molar-refractivity contribution >= 4 is 21.7 Å². The van der Waals surface area contributed by atoms with E-state index in [4.69, 9.17) is 17.3 Å². The zero-order chi connectivity index (χ0) is 13.8. The van der Waals surface area contributed by atoms with E-state index < -0.39 is 27.8 Å². The fourth-order valence-electron chi connectivity index (χ4n) is 1.16. The second-order valence-corrected chi connectivity index (χ2v) is 5.32. The molecule has 0 saturated carbocycles. The molecule has 0 aliphatic carbocycles. The highest BCUT2D eigenvalue weighted by Gasteiger charge is 2.21. The number of aliphatic carboxylic acids is 1. The fraction of sp³-hybridized carbons (Fsp3) is 0.182. The van der Waals surface area contributed by atoms with Crippen LogP contribution in [0.25, 0.3) is 0 Å². The van der Waals surface area contributed by atoms with Gasteiger partial charge in [-0.25, -0.2) is 8.42 Å². The number of nitrogens with two attached hydrogens (primary N) is 1. The lowest BCUT2D eigenvalue weighted by Crippen LogP contribution is -2.39. The van der Waals surface area contributed by atoms with Crippen LogP contribution in [0.2, 0.25) is 0 Å². The van der Waals surface area contributed by atoms with Crippen molar-refractivity contribution in [1.82, 2.24) is 0 Å². The van der Waals surface area contributed by atoms with Crippen LogP contribution in [0.5, 0.6) is 0 Å². The summed E-state index contributed by atoms with van der Waals surface area (Å²) in [5.41, 5.74) is 6.07. The van der Waals surface area contributed by atoms with Gasteiger partial charge < -0.3 is 10.8 Å². The van der Waals surface area contributed by atoms with Crippen LogP contribution < -0.4 is 10.5 Å². The first-order chi connectivity index (χ1) is 8.34. The van der Waals surface area contributed by atoms with E-state index in [1.807, 2.05) is 0 Å². The molecule has 0 amide bonds. The molecule has 0 unspecified atom stereocenters. The molecule has 4 N–H and O–H groups in total. The van der Waals surface area contributed by atoms with Gasteiger partial charge in [0.15, 0.2) is 0 Å². The highest BCUT2D eigenvalue weighted by atomic mass is 32.2. The topological polar surface area (TPSA) is 109 Å². The maximum Gasteiger partial charge on any atom is 0.321 e. The molecule has 1 rings (SSSR count). The number of carboxylic acid groups (broad SMARTS) is 1. The predicted molar refractivity (Wildman–Crippen MR) is 67.4 cm³/mol. The number of rotatable bonds is 5. The van der Waals surface area contributed by atoms with Crippen LogP contribution in [0, 0.1) is 12.3 Å². The summed E-state index contributed by atoms with van der Waals surface area (Å²) >= 11 is 0. The van der Waals surface area contributed by atoms with Gasteiger partial charge in [0.1, 0.15) is 6.04 Å². The molecule has 1 aromatic rings. The summed E-state index contributed by atoms with van der Waals surface area (Å²) < 4.78 is 25.4. The molecule has 0 bridgehead atoms. The first-order valence-electron chi connectivity index (χ1n) is 4.89. The molecule has 0 saturated heterocycles. The van der Waals surface area contributed by atoms with E-state index in [1.54, 1.807) is 12.1 Å². The molecular weight excluding hydrogens is 256 g/mol. The van der Waals surface area contributed by atoms with Crippen LogP contribution in [0.15, 0.2) is 24.3 Å². The number of anilines is 1. The van der Waals surface area contributed by atoms with Crippen LogP contribution in [0.4, 0.5) is 5.69 Å². The van der Waals surface area contributed by atoms with Crippen molar-refractivity contribution in [2.45, 2.75) is 6.04 Å². The van der Waals surface area contributed by atoms with E-state index in [-0.39, 0.29) is 0 Å². The van der Waals surface area contributed by atoms with Gasteiger partial charge in [-0.15, -0.1) is 6.42 Å². The molecule has 0 aromatic heterocycles. The number of terminal acetylenes is 1. The Bertz CT molecular complexity index is 572. The van der Waals surface area contributed by atoms with Gasteiger partial charge in [0.25, 0.3) is 0 Å². The first kappa shape index (κ1) is 14.0. The minimum absolute atomic E-state index is 0.298. The Morgan fingerprint density at radius 2 is 2.00 bits per heavy atom. The van der Waals surface area contributed by atoms with Crippen molar-refractivity contribution < 1.29 is 18.3 Å². The first-order valence-corrected chi connectivity index (χ1v) is 6.55. The van der Waals surface area contributed by atoms with Gasteiger partial charge in [-0.2, -0.15) is 0 Å². The van der Waals surface area contributed by atoms with E-state index >= 15 is 0 Å². The largest absolute Gasteiger partial charge is 0.480 e. The molecule has 0 spiro atoms. The fourth-order valence-corrected chi connectivity index (χ4v) is 2.36. The zero-order valence-electron chi connectivity index (χ0n) is 9.33. The van der Waals surface area contributed by atoms with Crippen LogP contribution >= 0.6 is 0 Å². The quantitative estimate of drug-likeness (QED) is 0.642. The summed E-state index contributed by atoms with van der Waals surface area (Å²) in [4.78, 5) is 10.5. The van der Waals surface area contributed by atoms with E-state index in [2.05, 4.69) is 10.6 Å². The lowest BCUT2D eigenvalue weighted by atomic mass is 10.2. The lowest BCUT2D eigenvalue weighted by molar-refractivity contribution is -0.137. The monoisotopic (exact) mass is 268 g/mol. The molecule has 0 fully saturated rings. The van der Waals surface area contributed by atoms with Gasteiger partial charge >= 0.3 is 5.97 Å². The number of sulfonamides is 1. The minimum atomic E-state index is -3.81. The predicted octanol–water partition coefficient (Wildman–Crippen LogP) is -0.178. The van der Waals surface area contributed by atoms with Gasteiger partial charge in [-0.3, -0.25) is 9.52 Å². The second kappa shape index (κ2) is 5.53. The molecule has 7 heteroatoms. The number of hydrogen-bond acceptors (Lipinski definition) is 4. The summed E-state index contributed by atoms with van der Waals surface area (Å²) in [6.07, 6.45) is 5.16. The van der Waals surface area contributed by atoms with Crippen LogP contribution in [0.3, 0.4) is 0 Å². The Labute approximate surface area is 105 Å². The SMILES string of the molecule is C#Cc1ccc(NS(=O)(=O)C[C@H](N)C(=O)O)cc1. The molecule has 1 atom stereocenters. The van der Waals surface area contributed by atoms with E-state index in [0.717, 1.165) is 0 Å². The van der Waals surface area contributed by atoms with Crippen molar-refractivity contribution in [3.8, 4) is 12.3 Å². The van der Waals surface area contributed by atoms with Crippen LogP contribution in [-0.2, 0) is 14.8 Å². The summed E-state index contributed by atoms with van der Waals surface area (Å²) in [5, 5.41) is 8.54. The van der Waals surface area contributed by atoms with Crippen molar-refractivity contribution in [2.75, 3.05) is 10.5 Å². The number of hydrogen-bond donors (Lipinski definition) is 3. The number of carbonyl (C=O) groups is 1. The zero-order valence-corrected chi connectivity index (χ0v) is 10.1. The van der Waals surface area contributed by atoms with Crippen LogP contribution in [-0.4, -0.2) is 31.3 Å². The Hall–Kier alpha value is -2.04. The van der Waals surface area contributed by atoms with Crippen LogP contribution in [0.1, 0.15) is 5.56 Å². The summed E-state index contributed by atoms with van der Waals surface area (Å²) in [7, 11) is -3.81. The van der Waals surface area contributed by atoms with Crippen molar-refractivity contribution in [3.63, 3.8) is 0 Å². The van der Waals surface area contributed by atoms with Gasteiger partial charge in [0, 0.05) is 11.3 Å². The number of carboxylic acids is 1. The summed E-state index contributed by atoms with van der Waals surface area (Å²) in [6.45, 7) is 0.